The Morgan fingerprint density at radius 2 is 1.37 bits per heavy atom. The monoisotopic (exact) mass is 846 g/mol. The van der Waals surface area contributed by atoms with E-state index in [9.17, 15) is 29.1 Å². The van der Waals surface area contributed by atoms with E-state index in [2.05, 4.69) is 26.3 Å². The summed E-state index contributed by atoms with van der Waals surface area (Å²) in [6.07, 6.45) is 0.730. The number of aliphatic imine (C=N–C) groups is 1. The highest BCUT2D eigenvalue weighted by Crippen LogP contribution is 2.26. The number of nitrogens with two attached hydrogens (primary N) is 3. The molecule has 17 heteroatoms. The molecule has 2 aliphatic rings. The standard InChI is InChI=1S/C45H54N10O7/c1-54-37(13-7-21-50-45(48)62)40(58)53-36(24-28-14-17-29-8-2-3-9-30(29)22-28)43(61)55-26-32-11-5-4-10-31(32)25-38(55)41(59)52-35(23-27-15-18-33(56)19-16-27)39(57)51-34(42(54)60)12-6-20-49-44(46)47/h2-5,8-11,14-19,22,34-38,56H,6-7,12-13,20-21,23-26H2,1H3,(H,51,57)(H,52,59)(H,53,58)(H4,46,47,49)(H3,48,50,62)/t34-,35+,36-,37-,38-/m0/s1. The Balaban J connectivity index is 1.45. The van der Waals surface area contributed by atoms with Crippen molar-refractivity contribution in [2.45, 2.75) is 81.7 Å². The third-order valence-electron chi connectivity index (χ3n) is 11.3. The van der Waals surface area contributed by atoms with Crippen LogP contribution in [0.3, 0.4) is 0 Å². The van der Waals surface area contributed by atoms with Crippen LogP contribution in [0.2, 0.25) is 0 Å². The molecule has 4 aromatic rings. The van der Waals surface area contributed by atoms with Gasteiger partial charge in [-0.25, -0.2) is 4.79 Å². The number of carbonyl (C=O) groups is 6. The van der Waals surface area contributed by atoms with Gasteiger partial charge in [0.2, 0.25) is 29.5 Å². The summed E-state index contributed by atoms with van der Waals surface area (Å²) in [7, 11) is 1.44. The van der Waals surface area contributed by atoms with Crippen molar-refractivity contribution < 1.29 is 33.9 Å². The summed E-state index contributed by atoms with van der Waals surface area (Å²) < 4.78 is 0. The lowest BCUT2D eigenvalue weighted by atomic mass is 9.91. The fourth-order valence-corrected chi connectivity index (χ4v) is 8.04. The average molecular weight is 847 g/mol. The van der Waals surface area contributed by atoms with Crippen molar-refractivity contribution >= 4 is 52.3 Å². The number of benzene rings is 4. The van der Waals surface area contributed by atoms with Gasteiger partial charge in [-0.05, 0) is 70.8 Å². The van der Waals surface area contributed by atoms with Crippen LogP contribution in [0.25, 0.3) is 10.8 Å². The summed E-state index contributed by atoms with van der Waals surface area (Å²) in [6, 6.07) is 20.5. The van der Waals surface area contributed by atoms with Gasteiger partial charge in [0, 0.05) is 45.9 Å². The van der Waals surface area contributed by atoms with Gasteiger partial charge in [0.15, 0.2) is 5.96 Å². The maximum atomic E-state index is 15.1. The zero-order valence-corrected chi connectivity index (χ0v) is 34.6. The number of carbonyl (C=O) groups excluding carboxylic acids is 6. The van der Waals surface area contributed by atoms with E-state index in [1.54, 1.807) is 12.1 Å². The third-order valence-corrected chi connectivity index (χ3v) is 11.3. The summed E-state index contributed by atoms with van der Waals surface area (Å²) in [5.74, 6) is -3.24. The summed E-state index contributed by atoms with van der Waals surface area (Å²) in [6.45, 7) is 0.283. The van der Waals surface area contributed by atoms with E-state index in [4.69, 9.17) is 17.2 Å². The van der Waals surface area contributed by atoms with Gasteiger partial charge in [0.25, 0.3) is 0 Å². The fraction of sp³-hybridized carbons (Fsp3) is 0.356. The van der Waals surface area contributed by atoms with Crippen molar-refractivity contribution in [2.24, 2.45) is 22.2 Å². The molecule has 0 bridgehead atoms. The van der Waals surface area contributed by atoms with Crippen molar-refractivity contribution in [3.8, 4) is 5.75 Å². The Morgan fingerprint density at radius 1 is 0.726 bits per heavy atom. The first-order valence-electron chi connectivity index (χ1n) is 20.7. The molecule has 6 rings (SSSR count). The molecule has 1 saturated heterocycles. The minimum absolute atomic E-state index is 0.00942. The van der Waals surface area contributed by atoms with E-state index in [1.807, 2.05) is 66.7 Å². The number of guanidine groups is 1. The molecule has 326 valence electrons. The average Bonchev–Trinajstić information content (AvgIpc) is 3.25. The number of fused-ring (bicyclic) bond motifs is 3. The van der Waals surface area contributed by atoms with Crippen molar-refractivity contribution in [3.05, 3.63) is 113 Å². The van der Waals surface area contributed by atoms with E-state index >= 15 is 4.79 Å². The number of rotatable bonds is 12. The van der Waals surface area contributed by atoms with Crippen LogP contribution in [-0.2, 0) is 49.8 Å². The van der Waals surface area contributed by atoms with Crippen LogP contribution in [0.1, 0.15) is 47.9 Å². The SMILES string of the molecule is CN1C(=O)[C@H](CCCN=C(N)N)NC(=O)[C@@H](Cc2ccc(O)cc2)NC(=O)[C@@H]2Cc3ccccc3CN2C(=O)[C@H](Cc2ccc3ccccc3c2)NC(=O)[C@@H]1CCCNC(N)=O. The molecular weight excluding hydrogens is 793 g/mol. The molecule has 4 aromatic carbocycles. The normalized spacial score (nSPS) is 21.0. The van der Waals surface area contributed by atoms with Crippen LogP contribution in [0, 0.1) is 0 Å². The molecular formula is C45H54N10O7. The Bertz CT molecular complexity index is 2320. The van der Waals surface area contributed by atoms with Crippen LogP contribution in [-0.4, -0.2) is 107 Å². The smallest absolute Gasteiger partial charge is 0.312 e. The number of phenolic OH excluding ortho intramolecular Hbond substituents is 1. The predicted octanol–water partition coefficient (Wildman–Crippen LogP) is 1.08. The Kier molecular flexibility index (Phi) is 14.6. The first-order chi connectivity index (χ1) is 29.8. The van der Waals surface area contributed by atoms with Crippen molar-refractivity contribution in [3.63, 3.8) is 0 Å². The van der Waals surface area contributed by atoms with Gasteiger partial charge in [-0.15, -0.1) is 0 Å². The zero-order chi connectivity index (χ0) is 44.3. The Morgan fingerprint density at radius 3 is 2.10 bits per heavy atom. The number of aromatic hydroxyl groups is 1. The van der Waals surface area contributed by atoms with Gasteiger partial charge >= 0.3 is 6.03 Å². The largest absolute Gasteiger partial charge is 0.508 e. The highest BCUT2D eigenvalue weighted by atomic mass is 16.3. The maximum absolute atomic E-state index is 15.1. The highest BCUT2D eigenvalue weighted by molar-refractivity contribution is 5.98. The summed E-state index contributed by atoms with van der Waals surface area (Å²) in [4.78, 5) is 91.8. The molecule has 0 spiro atoms. The van der Waals surface area contributed by atoms with Gasteiger partial charge < -0.3 is 53.4 Å². The first kappa shape index (κ1) is 44.4. The second-order valence-corrected chi connectivity index (χ2v) is 15.7. The molecule has 2 aliphatic heterocycles. The summed E-state index contributed by atoms with van der Waals surface area (Å²) in [5, 5.41) is 23.1. The zero-order valence-electron chi connectivity index (χ0n) is 34.6. The lowest BCUT2D eigenvalue weighted by Gasteiger charge is -2.39. The van der Waals surface area contributed by atoms with Crippen molar-refractivity contribution in [2.75, 3.05) is 20.1 Å². The predicted molar refractivity (Wildman–Crippen MR) is 233 cm³/mol. The number of primary amides is 1. The lowest BCUT2D eigenvalue weighted by Crippen LogP contribution is -2.61. The summed E-state index contributed by atoms with van der Waals surface area (Å²) >= 11 is 0. The molecule has 0 aromatic heterocycles. The molecule has 2 heterocycles. The Labute approximate surface area is 359 Å². The van der Waals surface area contributed by atoms with Crippen molar-refractivity contribution in [1.29, 1.82) is 0 Å². The third kappa shape index (κ3) is 11.3. The van der Waals surface area contributed by atoms with E-state index in [1.165, 1.54) is 29.0 Å². The fourth-order valence-electron chi connectivity index (χ4n) is 8.04. The molecule has 17 nitrogen and oxygen atoms in total. The minimum Gasteiger partial charge on any atom is -0.508 e. The van der Waals surface area contributed by atoms with Gasteiger partial charge in [-0.1, -0.05) is 78.9 Å². The molecule has 0 unspecified atom stereocenters. The molecule has 0 radical (unpaired) electrons. The Hall–Kier alpha value is -7.17. The van der Waals surface area contributed by atoms with Gasteiger partial charge in [0.05, 0.1) is 0 Å². The van der Waals surface area contributed by atoms with E-state index in [0.717, 1.165) is 27.5 Å². The van der Waals surface area contributed by atoms with Crippen LogP contribution in [0.15, 0.2) is 96.0 Å². The minimum atomic E-state index is -1.24. The van der Waals surface area contributed by atoms with Gasteiger partial charge in [-0.3, -0.25) is 29.0 Å². The molecule has 11 N–H and O–H groups in total. The lowest BCUT2D eigenvalue weighted by molar-refractivity contribution is -0.146. The number of urea groups is 1. The molecule has 62 heavy (non-hydrogen) atoms. The number of likely N-dealkylation sites (N-methyl/N-ethyl adjacent to an activating group) is 1. The second-order valence-electron chi connectivity index (χ2n) is 15.7. The van der Waals surface area contributed by atoms with E-state index < -0.39 is 65.8 Å². The second kappa shape index (κ2) is 20.4. The molecule has 5 atom stereocenters. The van der Waals surface area contributed by atoms with E-state index in [-0.39, 0.29) is 76.3 Å². The van der Waals surface area contributed by atoms with E-state index in [0.29, 0.717) is 5.56 Å². The van der Waals surface area contributed by atoms with Crippen molar-refractivity contribution in [1.82, 2.24) is 31.1 Å². The van der Waals surface area contributed by atoms with Gasteiger partial charge in [0.1, 0.15) is 36.0 Å². The summed E-state index contributed by atoms with van der Waals surface area (Å²) in [5.41, 5.74) is 19.4. The quantitative estimate of drug-likeness (QED) is 0.0575. The van der Waals surface area contributed by atoms with Crippen LogP contribution < -0.4 is 38.5 Å². The molecule has 0 saturated carbocycles. The number of nitrogens with one attached hydrogen (secondary N) is 4. The number of nitrogens with zero attached hydrogens (tertiary/aromatic N) is 3. The number of phenols is 1. The topological polar surface area (TPSA) is 268 Å². The molecule has 0 aliphatic carbocycles. The van der Waals surface area contributed by atoms with Crippen LogP contribution >= 0.6 is 0 Å². The highest BCUT2D eigenvalue weighted by Gasteiger charge is 2.41. The first-order valence-corrected chi connectivity index (χ1v) is 20.7. The molecule has 1 fully saturated rings. The van der Waals surface area contributed by atoms with Gasteiger partial charge in [-0.2, -0.15) is 0 Å². The molecule has 7 amide bonds. The van der Waals surface area contributed by atoms with Crippen LogP contribution in [0.4, 0.5) is 4.79 Å². The van der Waals surface area contributed by atoms with Crippen LogP contribution in [0.5, 0.6) is 5.75 Å². The number of amides is 7. The number of hydrogen-bond acceptors (Lipinski definition) is 8. The maximum Gasteiger partial charge on any atom is 0.312 e. The number of hydrogen-bond donors (Lipinski definition) is 8.